The van der Waals surface area contributed by atoms with Crippen LogP contribution in [-0.2, 0) is 6.54 Å². The SMILES string of the molecule is COc1nc(C)ccc1CNC(=O)NC(c1ccccn1)C(C)C. The largest absolute Gasteiger partial charge is 0.481 e. The molecule has 128 valence electrons. The number of urea groups is 1. The van der Waals surface area contributed by atoms with Crippen molar-refractivity contribution in [2.75, 3.05) is 7.11 Å². The molecule has 2 N–H and O–H groups in total. The molecule has 0 aliphatic heterocycles. The van der Waals surface area contributed by atoms with E-state index >= 15 is 0 Å². The summed E-state index contributed by atoms with van der Waals surface area (Å²) >= 11 is 0. The fraction of sp³-hybridized carbons (Fsp3) is 0.389. The molecule has 6 nitrogen and oxygen atoms in total. The van der Waals surface area contributed by atoms with Crippen molar-refractivity contribution in [2.24, 2.45) is 5.92 Å². The van der Waals surface area contributed by atoms with Crippen LogP contribution in [0, 0.1) is 12.8 Å². The van der Waals surface area contributed by atoms with Gasteiger partial charge in [-0.25, -0.2) is 9.78 Å². The van der Waals surface area contributed by atoms with Crippen LogP contribution in [0.2, 0.25) is 0 Å². The number of nitrogens with zero attached hydrogens (tertiary/aromatic N) is 2. The first-order chi connectivity index (χ1) is 11.5. The lowest BCUT2D eigenvalue weighted by Gasteiger charge is -2.22. The minimum atomic E-state index is -0.248. The number of hydrogen-bond donors (Lipinski definition) is 2. The van der Waals surface area contributed by atoms with Gasteiger partial charge >= 0.3 is 6.03 Å². The van der Waals surface area contributed by atoms with E-state index in [1.807, 2.05) is 51.1 Å². The number of nitrogens with one attached hydrogen (secondary N) is 2. The van der Waals surface area contributed by atoms with Crippen LogP contribution in [-0.4, -0.2) is 23.1 Å². The third kappa shape index (κ3) is 4.68. The Morgan fingerprint density at radius 3 is 2.67 bits per heavy atom. The van der Waals surface area contributed by atoms with Crippen LogP contribution in [0.5, 0.6) is 5.88 Å². The fourth-order valence-electron chi connectivity index (χ4n) is 2.38. The number of rotatable bonds is 6. The summed E-state index contributed by atoms with van der Waals surface area (Å²) in [7, 11) is 1.57. The van der Waals surface area contributed by atoms with Gasteiger partial charge in [-0.2, -0.15) is 0 Å². The number of hydrogen-bond acceptors (Lipinski definition) is 4. The van der Waals surface area contributed by atoms with Crippen LogP contribution < -0.4 is 15.4 Å². The predicted molar refractivity (Wildman–Crippen MR) is 92.7 cm³/mol. The van der Waals surface area contributed by atoms with Crippen molar-refractivity contribution in [3.8, 4) is 5.88 Å². The molecule has 2 rings (SSSR count). The van der Waals surface area contributed by atoms with Crippen molar-refractivity contribution < 1.29 is 9.53 Å². The van der Waals surface area contributed by atoms with E-state index < -0.39 is 0 Å². The Hall–Kier alpha value is -2.63. The Morgan fingerprint density at radius 1 is 1.25 bits per heavy atom. The van der Waals surface area contributed by atoms with Crippen molar-refractivity contribution in [1.82, 2.24) is 20.6 Å². The zero-order valence-electron chi connectivity index (χ0n) is 14.5. The van der Waals surface area contributed by atoms with Crippen molar-refractivity contribution in [3.05, 3.63) is 53.5 Å². The van der Waals surface area contributed by atoms with Crippen molar-refractivity contribution >= 4 is 6.03 Å². The highest BCUT2D eigenvalue weighted by Gasteiger charge is 2.19. The van der Waals surface area contributed by atoms with Crippen molar-refractivity contribution in [2.45, 2.75) is 33.4 Å². The maximum Gasteiger partial charge on any atom is 0.315 e. The molecule has 0 radical (unpaired) electrons. The molecular weight excluding hydrogens is 304 g/mol. The third-order valence-electron chi connectivity index (χ3n) is 3.67. The topological polar surface area (TPSA) is 76.1 Å². The van der Waals surface area contributed by atoms with Crippen LogP contribution in [0.25, 0.3) is 0 Å². The molecule has 0 bridgehead atoms. The summed E-state index contributed by atoms with van der Waals surface area (Å²) in [5.41, 5.74) is 2.55. The summed E-state index contributed by atoms with van der Waals surface area (Å²) in [6.45, 7) is 6.33. The van der Waals surface area contributed by atoms with E-state index in [-0.39, 0.29) is 18.0 Å². The van der Waals surface area contributed by atoms with Gasteiger partial charge in [0.05, 0.1) is 18.8 Å². The predicted octanol–water partition coefficient (Wildman–Crippen LogP) is 2.99. The summed E-state index contributed by atoms with van der Waals surface area (Å²) < 4.78 is 5.25. The van der Waals surface area contributed by atoms with Crippen molar-refractivity contribution in [3.63, 3.8) is 0 Å². The van der Waals surface area contributed by atoms with E-state index in [0.29, 0.717) is 12.4 Å². The maximum atomic E-state index is 12.3. The van der Waals surface area contributed by atoms with Gasteiger partial charge in [-0.3, -0.25) is 4.98 Å². The van der Waals surface area contributed by atoms with Gasteiger partial charge in [-0.15, -0.1) is 0 Å². The van der Waals surface area contributed by atoms with Gasteiger partial charge in [-0.1, -0.05) is 26.0 Å². The number of ether oxygens (including phenoxy) is 1. The molecule has 1 unspecified atom stereocenters. The standard InChI is InChI=1S/C18H24N4O2/c1-12(2)16(15-7-5-6-10-19-15)22-18(23)20-11-14-9-8-13(3)21-17(14)24-4/h5-10,12,16H,11H2,1-4H3,(H2,20,22,23). The van der Waals surface area contributed by atoms with Crippen LogP contribution >= 0.6 is 0 Å². The Morgan fingerprint density at radius 2 is 2.04 bits per heavy atom. The monoisotopic (exact) mass is 328 g/mol. The second-order valence-corrected chi connectivity index (χ2v) is 5.92. The van der Waals surface area contributed by atoms with Gasteiger partial charge in [0, 0.05) is 24.0 Å². The molecule has 2 aromatic rings. The van der Waals surface area contributed by atoms with E-state index in [2.05, 4.69) is 20.6 Å². The fourth-order valence-corrected chi connectivity index (χ4v) is 2.38. The second-order valence-electron chi connectivity index (χ2n) is 5.92. The first kappa shape index (κ1) is 17.7. The molecule has 0 fully saturated rings. The van der Waals surface area contributed by atoms with E-state index in [1.54, 1.807) is 13.3 Å². The molecule has 0 aliphatic rings. The van der Waals surface area contributed by atoms with Crippen molar-refractivity contribution in [1.29, 1.82) is 0 Å². The minimum absolute atomic E-state index is 0.149. The normalized spacial score (nSPS) is 11.9. The molecule has 6 heteroatoms. The van der Waals surface area contributed by atoms with E-state index in [0.717, 1.165) is 17.0 Å². The first-order valence-electron chi connectivity index (χ1n) is 7.97. The zero-order valence-corrected chi connectivity index (χ0v) is 14.5. The highest BCUT2D eigenvalue weighted by molar-refractivity contribution is 5.74. The molecule has 2 heterocycles. The average Bonchev–Trinajstić information content (AvgIpc) is 2.59. The number of methoxy groups -OCH3 is 1. The molecule has 0 aliphatic carbocycles. The Kier molecular flexibility index (Phi) is 6.12. The Labute approximate surface area is 142 Å². The van der Waals surface area contributed by atoms with E-state index in [9.17, 15) is 4.79 Å². The van der Waals surface area contributed by atoms with Crippen LogP contribution in [0.3, 0.4) is 0 Å². The summed E-state index contributed by atoms with van der Waals surface area (Å²) in [4.78, 5) is 20.9. The Balaban J connectivity index is 1.99. The van der Waals surface area contributed by atoms with Gasteiger partial charge in [0.15, 0.2) is 0 Å². The van der Waals surface area contributed by atoms with Gasteiger partial charge in [0.25, 0.3) is 0 Å². The van der Waals surface area contributed by atoms with Crippen LogP contribution in [0.15, 0.2) is 36.5 Å². The number of pyridine rings is 2. The van der Waals surface area contributed by atoms with Crippen LogP contribution in [0.1, 0.15) is 36.8 Å². The first-order valence-corrected chi connectivity index (χ1v) is 7.97. The number of aryl methyl sites for hydroxylation is 1. The highest BCUT2D eigenvalue weighted by Crippen LogP contribution is 2.19. The molecule has 1 atom stereocenters. The Bertz CT molecular complexity index is 674. The number of carbonyl (C=O) groups excluding carboxylic acids is 1. The average molecular weight is 328 g/mol. The van der Waals surface area contributed by atoms with Crippen LogP contribution in [0.4, 0.5) is 4.79 Å². The summed E-state index contributed by atoms with van der Waals surface area (Å²) in [6.07, 6.45) is 1.73. The summed E-state index contributed by atoms with van der Waals surface area (Å²) in [6, 6.07) is 9.09. The van der Waals surface area contributed by atoms with Gasteiger partial charge in [0.1, 0.15) is 0 Å². The lowest BCUT2D eigenvalue weighted by molar-refractivity contribution is 0.232. The van der Waals surface area contributed by atoms with E-state index in [4.69, 9.17) is 4.74 Å². The number of carbonyl (C=O) groups is 1. The molecule has 2 amide bonds. The maximum absolute atomic E-state index is 12.3. The quantitative estimate of drug-likeness (QED) is 0.855. The number of aromatic nitrogens is 2. The summed E-state index contributed by atoms with van der Waals surface area (Å²) in [5, 5.41) is 5.83. The zero-order chi connectivity index (χ0) is 17.5. The molecule has 0 aromatic carbocycles. The lowest BCUT2D eigenvalue weighted by Crippen LogP contribution is -2.39. The molecule has 24 heavy (non-hydrogen) atoms. The third-order valence-corrected chi connectivity index (χ3v) is 3.67. The second kappa shape index (κ2) is 8.29. The van der Waals surface area contributed by atoms with Gasteiger partial charge in [-0.05, 0) is 31.0 Å². The van der Waals surface area contributed by atoms with Gasteiger partial charge < -0.3 is 15.4 Å². The molecule has 2 aromatic heterocycles. The molecular formula is C18H24N4O2. The smallest absolute Gasteiger partial charge is 0.315 e. The summed E-state index contributed by atoms with van der Waals surface area (Å²) in [5.74, 6) is 0.752. The minimum Gasteiger partial charge on any atom is -0.481 e. The molecule has 0 spiro atoms. The highest BCUT2D eigenvalue weighted by atomic mass is 16.5. The lowest BCUT2D eigenvalue weighted by atomic mass is 10.0. The number of amides is 2. The van der Waals surface area contributed by atoms with Gasteiger partial charge in [0.2, 0.25) is 5.88 Å². The van der Waals surface area contributed by atoms with E-state index in [1.165, 1.54) is 0 Å². The molecule has 0 saturated heterocycles. The molecule has 0 saturated carbocycles.